The average Bonchev–Trinajstić information content (AvgIpc) is 2.73. The van der Waals surface area contributed by atoms with Gasteiger partial charge in [0.05, 0.1) is 22.2 Å². The van der Waals surface area contributed by atoms with E-state index in [0.29, 0.717) is 42.6 Å². The number of nitrogens with one attached hydrogen (secondary N) is 1. The third-order valence-electron chi connectivity index (χ3n) is 4.78. The van der Waals surface area contributed by atoms with Gasteiger partial charge in [-0.3, -0.25) is 9.59 Å². The van der Waals surface area contributed by atoms with Crippen molar-refractivity contribution in [1.29, 1.82) is 0 Å². The highest BCUT2D eigenvalue weighted by Crippen LogP contribution is 2.35. The van der Waals surface area contributed by atoms with E-state index in [1.807, 2.05) is 67.3 Å². The highest BCUT2D eigenvalue weighted by molar-refractivity contribution is 8.00. The van der Waals surface area contributed by atoms with Gasteiger partial charge < -0.3 is 15.1 Å². The molecule has 1 aliphatic rings. The van der Waals surface area contributed by atoms with E-state index >= 15 is 0 Å². The lowest BCUT2D eigenvalue weighted by Crippen LogP contribution is -2.50. The van der Waals surface area contributed by atoms with E-state index in [2.05, 4.69) is 10.2 Å². The van der Waals surface area contributed by atoms with Gasteiger partial charge in [-0.25, -0.2) is 0 Å². The summed E-state index contributed by atoms with van der Waals surface area (Å²) in [5.74, 6) is 0.428. The number of hydrogen-bond donors (Lipinski definition) is 1. The minimum Gasteiger partial charge on any atom is -0.365 e. The minimum absolute atomic E-state index is 0.00109. The Labute approximate surface area is 181 Å². The van der Waals surface area contributed by atoms with Crippen LogP contribution in [0.4, 0.5) is 11.4 Å². The lowest BCUT2D eigenvalue weighted by atomic mass is 10.1. The zero-order valence-corrected chi connectivity index (χ0v) is 18.3. The molecular weight excluding hydrogens is 406 g/mol. The highest BCUT2D eigenvalue weighted by Gasteiger charge is 2.25. The van der Waals surface area contributed by atoms with Crippen LogP contribution in [0.2, 0.25) is 5.02 Å². The normalized spacial score (nSPS) is 14.2. The smallest absolute Gasteiger partial charge is 0.234 e. The fourth-order valence-corrected chi connectivity index (χ4v) is 4.32. The van der Waals surface area contributed by atoms with Crippen LogP contribution in [0, 0.1) is 5.92 Å². The number of hydrogen-bond acceptors (Lipinski definition) is 4. The fourth-order valence-electron chi connectivity index (χ4n) is 3.31. The van der Waals surface area contributed by atoms with E-state index in [0.717, 1.165) is 10.6 Å². The number of halogens is 1. The second-order valence-corrected chi connectivity index (χ2v) is 8.71. The highest BCUT2D eigenvalue weighted by atomic mass is 35.5. The Bertz CT molecular complexity index is 852. The third kappa shape index (κ3) is 5.67. The van der Waals surface area contributed by atoms with Gasteiger partial charge in [0.2, 0.25) is 11.8 Å². The molecule has 1 N–H and O–H groups in total. The van der Waals surface area contributed by atoms with Gasteiger partial charge in [0.1, 0.15) is 0 Å². The number of nitrogens with zero attached hydrogens (tertiary/aromatic N) is 2. The Hall–Kier alpha value is -2.18. The van der Waals surface area contributed by atoms with Crippen molar-refractivity contribution in [1.82, 2.24) is 4.90 Å². The van der Waals surface area contributed by atoms with Gasteiger partial charge in [-0.2, -0.15) is 0 Å². The summed E-state index contributed by atoms with van der Waals surface area (Å²) in [6.07, 6.45) is 0. The van der Waals surface area contributed by atoms with Crippen LogP contribution in [0.25, 0.3) is 0 Å². The van der Waals surface area contributed by atoms with Gasteiger partial charge in [0.25, 0.3) is 0 Å². The topological polar surface area (TPSA) is 52.7 Å². The summed E-state index contributed by atoms with van der Waals surface area (Å²) in [5, 5.41) is 3.60. The summed E-state index contributed by atoms with van der Waals surface area (Å²) in [7, 11) is 0. The first kappa shape index (κ1) is 21.5. The number of benzene rings is 2. The quantitative estimate of drug-likeness (QED) is 0.690. The van der Waals surface area contributed by atoms with Crippen LogP contribution in [0.3, 0.4) is 0 Å². The molecule has 7 heteroatoms. The largest absolute Gasteiger partial charge is 0.365 e. The van der Waals surface area contributed by atoms with E-state index in [4.69, 9.17) is 11.6 Å². The van der Waals surface area contributed by atoms with Gasteiger partial charge in [0.15, 0.2) is 0 Å². The molecule has 2 aromatic carbocycles. The van der Waals surface area contributed by atoms with E-state index < -0.39 is 0 Å². The maximum absolute atomic E-state index is 12.5. The molecule has 0 aromatic heterocycles. The van der Waals surface area contributed by atoms with Crippen LogP contribution in [0.5, 0.6) is 0 Å². The Morgan fingerprint density at radius 3 is 2.38 bits per heavy atom. The maximum Gasteiger partial charge on any atom is 0.234 e. The van der Waals surface area contributed by atoms with Crippen molar-refractivity contribution < 1.29 is 9.59 Å². The molecule has 0 bridgehead atoms. The van der Waals surface area contributed by atoms with Crippen LogP contribution in [-0.4, -0.2) is 48.6 Å². The van der Waals surface area contributed by atoms with Crippen molar-refractivity contribution in [2.24, 2.45) is 5.92 Å². The van der Waals surface area contributed by atoms with Gasteiger partial charge >= 0.3 is 0 Å². The number of carbonyl (C=O) groups excluding carboxylic acids is 2. The number of piperazine rings is 1. The summed E-state index contributed by atoms with van der Waals surface area (Å²) in [6, 6.07) is 15.4. The molecule has 1 aliphatic heterocycles. The van der Waals surface area contributed by atoms with Crippen molar-refractivity contribution >= 4 is 46.6 Å². The first-order valence-corrected chi connectivity index (χ1v) is 11.1. The summed E-state index contributed by atoms with van der Waals surface area (Å²) in [5.41, 5.74) is 1.53. The zero-order valence-electron chi connectivity index (χ0n) is 16.7. The van der Waals surface area contributed by atoms with Crippen molar-refractivity contribution in [2.75, 3.05) is 42.1 Å². The first-order chi connectivity index (χ1) is 14.0. The van der Waals surface area contributed by atoms with Crippen LogP contribution in [0.1, 0.15) is 13.8 Å². The third-order valence-corrected chi connectivity index (χ3v) is 6.09. The number of amides is 2. The number of rotatable bonds is 6. The fraction of sp³-hybridized carbons (Fsp3) is 0.364. The molecule has 2 amide bonds. The molecule has 1 heterocycles. The van der Waals surface area contributed by atoms with E-state index in [9.17, 15) is 9.59 Å². The molecule has 5 nitrogen and oxygen atoms in total. The predicted octanol–water partition coefficient (Wildman–Crippen LogP) is 4.38. The van der Waals surface area contributed by atoms with E-state index in [-0.39, 0.29) is 17.7 Å². The van der Waals surface area contributed by atoms with Crippen molar-refractivity contribution in [3.8, 4) is 0 Å². The molecule has 1 fully saturated rings. The Balaban J connectivity index is 1.65. The maximum atomic E-state index is 12.5. The first-order valence-electron chi connectivity index (χ1n) is 9.75. The lowest BCUT2D eigenvalue weighted by molar-refractivity contribution is -0.134. The second kappa shape index (κ2) is 10.0. The molecule has 154 valence electrons. The summed E-state index contributed by atoms with van der Waals surface area (Å²) in [4.78, 5) is 29.8. The molecule has 0 radical (unpaired) electrons. The molecule has 0 atom stereocenters. The zero-order chi connectivity index (χ0) is 20.8. The molecule has 0 aliphatic carbocycles. The van der Waals surface area contributed by atoms with E-state index in [1.165, 1.54) is 11.8 Å². The standard InChI is InChI=1S/C22H26ClN3O2S/c1-16(2)22(28)26-13-11-25(12-14-26)21-18(23)9-6-10-19(21)24-20(27)15-29-17-7-4-3-5-8-17/h3-10,16H,11-15H2,1-2H3,(H,24,27). The second-order valence-electron chi connectivity index (χ2n) is 7.25. The van der Waals surface area contributed by atoms with E-state index in [1.54, 1.807) is 0 Å². The van der Waals surface area contributed by atoms with Crippen molar-refractivity contribution in [3.05, 3.63) is 53.6 Å². The number of anilines is 2. The SMILES string of the molecule is CC(C)C(=O)N1CCN(c2c(Cl)cccc2NC(=O)CSc2ccccc2)CC1. The molecule has 29 heavy (non-hydrogen) atoms. The van der Waals surface area contributed by atoms with Crippen LogP contribution in [0.15, 0.2) is 53.4 Å². The summed E-state index contributed by atoms with van der Waals surface area (Å²) in [6.45, 7) is 6.51. The van der Waals surface area contributed by atoms with Gasteiger partial charge in [0, 0.05) is 37.0 Å². The van der Waals surface area contributed by atoms with Crippen LogP contribution >= 0.6 is 23.4 Å². The monoisotopic (exact) mass is 431 g/mol. The predicted molar refractivity (Wildman–Crippen MR) is 121 cm³/mol. The molecule has 3 rings (SSSR count). The van der Waals surface area contributed by atoms with Crippen LogP contribution in [-0.2, 0) is 9.59 Å². The van der Waals surface area contributed by atoms with Gasteiger partial charge in [-0.05, 0) is 24.3 Å². The molecule has 0 unspecified atom stereocenters. The van der Waals surface area contributed by atoms with Crippen molar-refractivity contribution in [2.45, 2.75) is 18.7 Å². The molecule has 0 saturated carbocycles. The summed E-state index contributed by atoms with van der Waals surface area (Å²) < 4.78 is 0. The lowest BCUT2D eigenvalue weighted by Gasteiger charge is -2.38. The molecular formula is C22H26ClN3O2S. The van der Waals surface area contributed by atoms with Gasteiger partial charge in [-0.1, -0.05) is 49.7 Å². The molecule has 0 spiro atoms. The Morgan fingerprint density at radius 2 is 1.72 bits per heavy atom. The van der Waals surface area contributed by atoms with Gasteiger partial charge in [-0.15, -0.1) is 11.8 Å². The summed E-state index contributed by atoms with van der Waals surface area (Å²) >= 11 is 7.99. The number of para-hydroxylation sites is 1. The molecule has 1 saturated heterocycles. The van der Waals surface area contributed by atoms with Crippen LogP contribution < -0.4 is 10.2 Å². The number of thioether (sulfide) groups is 1. The molecule has 2 aromatic rings. The van der Waals surface area contributed by atoms with Crippen molar-refractivity contribution in [3.63, 3.8) is 0 Å². The Morgan fingerprint density at radius 1 is 1.03 bits per heavy atom. The average molecular weight is 432 g/mol. The Kier molecular flexibility index (Phi) is 7.45. The number of carbonyl (C=O) groups is 2. The minimum atomic E-state index is -0.0732.